The van der Waals surface area contributed by atoms with Crippen LogP contribution in [0.5, 0.6) is 0 Å². The lowest BCUT2D eigenvalue weighted by atomic mass is 10.3. The number of aryl methyl sites for hydroxylation is 3. The molecule has 0 bridgehead atoms. The molecule has 0 amide bonds. The molecule has 0 aromatic carbocycles. The van der Waals surface area contributed by atoms with Crippen LogP contribution in [0.3, 0.4) is 0 Å². The van der Waals surface area contributed by atoms with Gasteiger partial charge in [-0.25, -0.2) is 9.97 Å². The lowest BCUT2D eigenvalue weighted by Gasteiger charge is -2.12. The van der Waals surface area contributed by atoms with Crippen molar-refractivity contribution in [2.45, 2.75) is 52.7 Å². The number of hydrogen-bond donors (Lipinski definition) is 1. The average Bonchev–Trinajstić information content (AvgIpc) is 2.94. The smallest absolute Gasteiger partial charge is 0.203 e. The number of unbranched alkanes of at least 4 members (excludes halogenated alkanes) is 1. The van der Waals surface area contributed by atoms with Crippen LogP contribution in [0.4, 0.5) is 5.95 Å². The topological polar surface area (TPSA) is 47.7 Å². The van der Waals surface area contributed by atoms with Crippen molar-refractivity contribution in [1.82, 2.24) is 19.1 Å². The maximum Gasteiger partial charge on any atom is 0.203 e. The van der Waals surface area contributed by atoms with Gasteiger partial charge >= 0.3 is 0 Å². The zero-order valence-electron chi connectivity index (χ0n) is 12.0. The van der Waals surface area contributed by atoms with Gasteiger partial charge in [0.25, 0.3) is 0 Å². The Morgan fingerprint density at radius 2 is 2.05 bits per heavy atom. The van der Waals surface area contributed by atoms with E-state index in [1.165, 1.54) is 0 Å². The van der Waals surface area contributed by atoms with Crippen LogP contribution >= 0.6 is 0 Å². The minimum Gasteiger partial charge on any atom is -0.353 e. The first-order chi connectivity index (χ1) is 9.15. The van der Waals surface area contributed by atoms with Crippen molar-refractivity contribution >= 4 is 5.95 Å². The van der Waals surface area contributed by atoms with E-state index in [2.05, 4.69) is 44.5 Å². The monoisotopic (exact) mass is 261 g/mol. The second-order valence-electron chi connectivity index (χ2n) is 5.21. The number of rotatable bonds is 7. The van der Waals surface area contributed by atoms with E-state index in [1.54, 1.807) is 0 Å². The zero-order valence-corrected chi connectivity index (χ0v) is 12.0. The first-order valence-electron chi connectivity index (χ1n) is 6.91. The molecular weight excluding hydrogens is 238 g/mol. The minimum absolute atomic E-state index is 0.409. The first kappa shape index (κ1) is 13.6. The summed E-state index contributed by atoms with van der Waals surface area (Å²) in [5.74, 6) is 0.982. The summed E-state index contributed by atoms with van der Waals surface area (Å²) >= 11 is 0. The van der Waals surface area contributed by atoms with E-state index in [0.717, 1.165) is 37.6 Å². The predicted molar refractivity (Wildman–Crippen MR) is 77.2 cm³/mol. The summed E-state index contributed by atoms with van der Waals surface area (Å²) in [6, 6.07) is 0.409. The van der Waals surface area contributed by atoms with Crippen LogP contribution < -0.4 is 5.32 Å². The molecule has 0 radical (unpaired) electrons. The molecule has 0 unspecified atom stereocenters. The Balaban J connectivity index is 1.81. The number of imidazole rings is 2. The highest BCUT2D eigenvalue weighted by Crippen LogP contribution is 2.11. The summed E-state index contributed by atoms with van der Waals surface area (Å²) in [5.41, 5.74) is 1.07. The highest BCUT2D eigenvalue weighted by Gasteiger charge is 2.06. The number of aromatic nitrogens is 4. The molecule has 1 N–H and O–H groups in total. The third-order valence-corrected chi connectivity index (χ3v) is 2.94. The SMILES string of the molecule is Cc1cn(CCCCn2ccnc2)c(NC(C)C)n1. The number of nitrogens with zero attached hydrogens (tertiary/aromatic N) is 4. The van der Waals surface area contributed by atoms with Gasteiger partial charge in [0.2, 0.25) is 5.95 Å². The van der Waals surface area contributed by atoms with Gasteiger partial charge in [0.1, 0.15) is 0 Å². The van der Waals surface area contributed by atoms with Gasteiger partial charge in [-0.1, -0.05) is 0 Å². The molecule has 0 aliphatic carbocycles. The molecule has 5 nitrogen and oxygen atoms in total. The Bertz CT molecular complexity index is 484. The average molecular weight is 261 g/mol. The van der Waals surface area contributed by atoms with Gasteiger partial charge < -0.3 is 14.5 Å². The predicted octanol–water partition coefficient (Wildman–Crippen LogP) is 2.69. The Kier molecular flexibility index (Phi) is 4.60. The fourth-order valence-corrected chi connectivity index (χ4v) is 2.09. The fourth-order valence-electron chi connectivity index (χ4n) is 2.09. The lowest BCUT2D eigenvalue weighted by molar-refractivity contribution is 0.553. The normalized spacial score (nSPS) is 11.2. The van der Waals surface area contributed by atoms with E-state index in [-0.39, 0.29) is 0 Å². The summed E-state index contributed by atoms with van der Waals surface area (Å²) in [4.78, 5) is 8.56. The Hall–Kier alpha value is -1.78. The summed E-state index contributed by atoms with van der Waals surface area (Å²) < 4.78 is 4.33. The van der Waals surface area contributed by atoms with Crippen molar-refractivity contribution in [3.63, 3.8) is 0 Å². The van der Waals surface area contributed by atoms with Crippen molar-refractivity contribution < 1.29 is 0 Å². The van der Waals surface area contributed by atoms with Crippen LogP contribution in [-0.2, 0) is 13.1 Å². The van der Waals surface area contributed by atoms with Gasteiger partial charge in [0, 0.05) is 37.7 Å². The summed E-state index contributed by atoms with van der Waals surface area (Å²) in [7, 11) is 0. The fraction of sp³-hybridized carbons (Fsp3) is 0.571. The van der Waals surface area contributed by atoms with Crippen LogP contribution in [0.2, 0.25) is 0 Å². The standard InChI is InChI=1S/C14H23N5/c1-12(2)16-14-17-13(3)10-19(14)8-5-4-7-18-9-6-15-11-18/h6,9-12H,4-5,7-8H2,1-3H3,(H,16,17). The number of anilines is 1. The van der Waals surface area contributed by atoms with Crippen LogP contribution in [0, 0.1) is 6.92 Å². The van der Waals surface area contributed by atoms with Gasteiger partial charge in [-0.3, -0.25) is 0 Å². The molecule has 0 atom stereocenters. The van der Waals surface area contributed by atoms with Gasteiger partial charge in [0.15, 0.2) is 0 Å². The summed E-state index contributed by atoms with van der Waals surface area (Å²) in [6.45, 7) is 8.33. The zero-order chi connectivity index (χ0) is 13.7. The van der Waals surface area contributed by atoms with Crippen molar-refractivity contribution in [2.75, 3.05) is 5.32 Å². The van der Waals surface area contributed by atoms with E-state index in [9.17, 15) is 0 Å². The summed E-state index contributed by atoms with van der Waals surface area (Å²) in [6.07, 6.45) is 10.1. The summed E-state index contributed by atoms with van der Waals surface area (Å²) in [5, 5.41) is 3.39. The molecule has 0 spiro atoms. The van der Waals surface area contributed by atoms with Crippen molar-refractivity contribution in [3.05, 3.63) is 30.6 Å². The molecule has 0 saturated heterocycles. The third kappa shape index (κ3) is 4.12. The third-order valence-electron chi connectivity index (χ3n) is 2.94. The number of nitrogens with one attached hydrogen (secondary N) is 1. The Morgan fingerprint density at radius 3 is 2.74 bits per heavy atom. The second-order valence-corrected chi connectivity index (χ2v) is 5.21. The Labute approximate surface area is 114 Å². The molecule has 0 saturated carbocycles. The van der Waals surface area contributed by atoms with Gasteiger partial charge in [-0.2, -0.15) is 0 Å². The molecule has 19 heavy (non-hydrogen) atoms. The van der Waals surface area contributed by atoms with E-state index < -0.39 is 0 Å². The van der Waals surface area contributed by atoms with E-state index >= 15 is 0 Å². The van der Waals surface area contributed by atoms with Crippen LogP contribution in [0.15, 0.2) is 24.9 Å². The van der Waals surface area contributed by atoms with E-state index in [4.69, 9.17) is 0 Å². The van der Waals surface area contributed by atoms with Crippen LogP contribution in [0.25, 0.3) is 0 Å². The van der Waals surface area contributed by atoms with Gasteiger partial charge in [-0.05, 0) is 33.6 Å². The molecule has 2 aromatic rings. The number of hydrogen-bond acceptors (Lipinski definition) is 3. The Morgan fingerprint density at radius 1 is 1.26 bits per heavy atom. The molecule has 5 heteroatoms. The molecule has 104 valence electrons. The minimum atomic E-state index is 0.409. The molecule has 0 fully saturated rings. The lowest BCUT2D eigenvalue weighted by Crippen LogP contribution is -2.14. The maximum atomic E-state index is 4.52. The van der Waals surface area contributed by atoms with Crippen LogP contribution in [-0.4, -0.2) is 25.1 Å². The highest BCUT2D eigenvalue weighted by atomic mass is 15.2. The molecule has 2 aromatic heterocycles. The van der Waals surface area contributed by atoms with Crippen LogP contribution in [0.1, 0.15) is 32.4 Å². The van der Waals surface area contributed by atoms with E-state index in [0.29, 0.717) is 6.04 Å². The van der Waals surface area contributed by atoms with Gasteiger partial charge in [0.05, 0.1) is 12.0 Å². The first-order valence-corrected chi connectivity index (χ1v) is 6.91. The molecular formula is C14H23N5. The van der Waals surface area contributed by atoms with Crippen molar-refractivity contribution in [2.24, 2.45) is 0 Å². The molecule has 0 aliphatic heterocycles. The largest absolute Gasteiger partial charge is 0.353 e. The van der Waals surface area contributed by atoms with Crippen molar-refractivity contribution in [3.8, 4) is 0 Å². The van der Waals surface area contributed by atoms with Crippen molar-refractivity contribution in [1.29, 1.82) is 0 Å². The molecule has 2 heterocycles. The van der Waals surface area contributed by atoms with Gasteiger partial charge in [-0.15, -0.1) is 0 Å². The highest BCUT2D eigenvalue weighted by molar-refractivity contribution is 5.29. The second kappa shape index (κ2) is 6.41. The quantitative estimate of drug-likeness (QED) is 0.780. The molecule has 0 aliphatic rings. The van der Waals surface area contributed by atoms with E-state index in [1.807, 2.05) is 25.6 Å². The maximum absolute atomic E-state index is 4.52. The molecule has 2 rings (SSSR count).